The number of aryl methyl sites for hydroxylation is 1. The normalized spacial score (nSPS) is 11.0. The van der Waals surface area contributed by atoms with E-state index in [-0.39, 0.29) is 22.8 Å². The Hall–Kier alpha value is -3.04. The lowest BCUT2D eigenvalue weighted by Crippen LogP contribution is -2.22. The second kappa shape index (κ2) is 8.37. The summed E-state index contributed by atoms with van der Waals surface area (Å²) < 4.78 is 29.3. The highest BCUT2D eigenvalue weighted by atomic mass is 32.2. The minimum absolute atomic E-state index is 0.0795. The van der Waals surface area contributed by atoms with Crippen LogP contribution in [0.15, 0.2) is 63.9 Å². The third-order valence-electron chi connectivity index (χ3n) is 4.33. The van der Waals surface area contributed by atoms with Crippen molar-refractivity contribution in [1.82, 2.24) is 9.55 Å². The van der Waals surface area contributed by atoms with Gasteiger partial charge in [-0.2, -0.15) is 0 Å². The summed E-state index contributed by atoms with van der Waals surface area (Å²) in [5, 5.41) is 4.56. The Morgan fingerprint density at radius 1 is 1.17 bits per heavy atom. The molecule has 9 heteroatoms. The van der Waals surface area contributed by atoms with E-state index < -0.39 is 11.7 Å². The molecule has 0 fully saturated rings. The highest BCUT2D eigenvalue weighted by Gasteiger charge is 2.17. The number of aromatic nitrogens is 2. The Labute approximate surface area is 178 Å². The number of rotatable bonds is 5. The minimum Gasteiger partial charge on any atom is -0.323 e. The molecule has 0 spiro atoms. The van der Waals surface area contributed by atoms with E-state index in [2.05, 4.69) is 10.3 Å². The quantitative estimate of drug-likeness (QED) is 0.357. The van der Waals surface area contributed by atoms with Crippen molar-refractivity contribution in [2.45, 2.75) is 12.1 Å². The van der Waals surface area contributed by atoms with Gasteiger partial charge in [0.05, 0.1) is 22.6 Å². The van der Waals surface area contributed by atoms with Gasteiger partial charge in [0, 0.05) is 0 Å². The van der Waals surface area contributed by atoms with Crippen molar-refractivity contribution in [2.75, 3.05) is 11.1 Å². The van der Waals surface area contributed by atoms with Crippen LogP contribution in [-0.2, 0) is 4.79 Å². The lowest BCUT2D eigenvalue weighted by atomic mass is 10.2. The summed E-state index contributed by atoms with van der Waals surface area (Å²) in [5.74, 6) is -1.44. The number of nitrogens with one attached hydrogen (secondary N) is 1. The van der Waals surface area contributed by atoms with Crippen LogP contribution < -0.4 is 10.9 Å². The Morgan fingerprint density at radius 3 is 2.73 bits per heavy atom. The fraction of sp³-hybridized carbons (Fsp3) is 0.0952. The molecule has 0 aliphatic rings. The molecule has 152 valence electrons. The predicted octanol–water partition coefficient (Wildman–Crippen LogP) is 4.76. The monoisotopic (exact) mass is 443 g/mol. The zero-order valence-corrected chi connectivity index (χ0v) is 17.3. The number of carbonyl (C=O) groups excluding carboxylic acids is 1. The van der Waals surface area contributed by atoms with Crippen molar-refractivity contribution >= 4 is 44.9 Å². The van der Waals surface area contributed by atoms with Crippen molar-refractivity contribution in [3.05, 3.63) is 81.5 Å². The molecule has 0 saturated carbocycles. The van der Waals surface area contributed by atoms with Crippen LogP contribution in [0.1, 0.15) is 5.56 Å². The summed E-state index contributed by atoms with van der Waals surface area (Å²) in [7, 11) is 0. The molecule has 0 aliphatic heterocycles. The van der Waals surface area contributed by atoms with E-state index in [1.165, 1.54) is 46.2 Å². The van der Waals surface area contributed by atoms with Crippen LogP contribution in [0.3, 0.4) is 0 Å². The number of hydrogen-bond donors (Lipinski definition) is 1. The number of fused-ring (bicyclic) bond motifs is 1. The summed E-state index contributed by atoms with van der Waals surface area (Å²) in [6, 6.07) is 11.9. The number of anilines is 1. The lowest BCUT2D eigenvalue weighted by Gasteiger charge is -2.13. The Kier molecular flexibility index (Phi) is 5.65. The van der Waals surface area contributed by atoms with Gasteiger partial charge in [-0.25, -0.2) is 13.8 Å². The summed E-state index contributed by atoms with van der Waals surface area (Å²) in [6.45, 7) is 1.61. The summed E-state index contributed by atoms with van der Waals surface area (Å²) in [6.07, 6.45) is 0. The second-order valence-electron chi connectivity index (χ2n) is 6.42. The first-order chi connectivity index (χ1) is 14.4. The second-order valence-corrected chi connectivity index (χ2v) is 8.28. The van der Waals surface area contributed by atoms with Crippen LogP contribution in [0.2, 0.25) is 0 Å². The SMILES string of the molecule is Cc1cc(-n2c(SCC(=O)Nc3ccccc3F)nc3ccsc3c2=O)ccc1F. The average molecular weight is 444 g/mol. The van der Waals surface area contributed by atoms with Crippen molar-refractivity contribution in [2.24, 2.45) is 0 Å². The number of amides is 1. The van der Waals surface area contributed by atoms with Crippen molar-refractivity contribution < 1.29 is 13.6 Å². The van der Waals surface area contributed by atoms with Gasteiger partial charge >= 0.3 is 0 Å². The number of halogens is 2. The number of thiophene rings is 1. The molecule has 30 heavy (non-hydrogen) atoms. The molecule has 0 unspecified atom stereocenters. The predicted molar refractivity (Wildman–Crippen MR) is 116 cm³/mol. The lowest BCUT2D eigenvalue weighted by molar-refractivity contribution is -0.113. The summed E-state index contributed by atoms with van der Waals surface area (Å²) >= 11 is 2.31. The number of carbonyl (C=O) groups is 1. The molecule has 4 rings (SSSR count). The zero-order valence-electron chi connectivity index (χ0n) is 15.7. The van der Waals surface area contributed by atoms with E-state index in [4.69, 9.17) is 0 Å². The van der Waals surface area contributed by atoms with Gasteiger partial charge in [-0.1, -0.05) is 23.9 Å². The fourth-order valence-corrected chi connectivity index (χ4v) is 4.44. The van der Waals surface area contributed by atoms with Crippen molar-refractivity contribution in [1.29, 1.82) is 0 Å². The van der Waals surface area contributed by atoms with Gasteiger partial charge in [-0.15, -0.1) is 11.3 Å². The van der Waals surface area contributed by atoms with Crippen molar-refractivity contribution in [3.63, 3.8) is 0 Å². The number of hydrogen-bond acceptors (Lipinski definition) is 5. The molecular weight excluding hydrogens is 428 g/mol. The molecule has 2 heterocycles. The molecule has 0 aliphatic carbocycles. The molecule has 0 radical (unpaired) electrons. The molecular formula is C21H15F2N3O2S2. The minimum atomic E-state index is -0.535. The van der Waals surface area contributed by atoms with Gasteiger partial charge in [0.25, 0.3) is 5.56 Å². The first-order valence-corrected chi connectivity index (χ1v) is 10.7. The van der Waals surface area contributed by atoms with E-state index in [1.54, 1.807) is 30.5 Å². The van der Waals surface area contributed by atoms with Crippen LogP contribution in [0.4, 0.5) is 14.5 Å². The number of nitrogens with zero attached hydrogens (tertiary/aromatic N) is 2. The van der Waals surface area contributed by atoms with Gasteiger partial charge in [-0.05, 0) is 54.3 Å². The van der Waals surface area contributed by atoms with Gasteiger partial charge < -0.3 is 5.32 Å². The largest absolute Gasteiger partial charge is 0.323 e. The molecule has 2 aromatic heterocycles. The maximum Gasteiger partial charge on any atom is 0.276 e. The molecule has 0 atom stereocenters. The maximum absolute atomic E-state index is 13.8. The molecule has 5 nitrogen and oxygen atoms in total. The van der Waals surface area contributed by atoms with Gasteiger partial charge in [-0.3, -0.25) is 14.2 Å². The molecule has 2 aromatic carbocycles. The highest BCUT2D eigenvalue weighted by molar-refractivity contribution is 7.99. The Balaban J connectivity index is 1.67. The third kappa shape index (κ3) is 3.99. The number of thioether (sulfide) groups is 1. The van der Waals surface area contributed by atoms with E-state index in [0.717, 1.165) is 11.8 Å². The standard InChI is InChI=1S/C21H15F2N3O2S2/c1-12-10-13(6-7-14(12)22)26-20(28)19-17(8-9-29-19)25-21(26)30-11-18(27)24-16-5-3-2-4-15(16)23/h2-10H,11H2,1H3,(H,24,27). The number of benzene rings is 2. The van der Waals surface area contributed by atoms with E-state index in [0.29, 0.717) is 26.6 Å². The Bertz CT molecular complexity index is 1320. The fourth-order valence-electron chi connectivity index (χ4n) is 2.86. The third-order valence-corrected chi connectivity index (χ3v) is 6.16. The number of para-hydroxylation sites is 1. The van der Waals surface area contributed by atoms with Crippen LogP contribution in [0.25, 0.3) is 15.9 Å². The first kappa shape index (κ1) is 20.2. The van der Waals surface area contributed by atoms with Crippen LogP contribution in [0, 0.1) is 18.6 Å². The molecule has 0 saturated heterocycles. The van der Waals surface area contributed by atoms with Crippen LogP contribution in [0.5, 0.6) is 0 Å². The van der Waals surface area contributed by atoms with Gasteiger partial charge in [0.2, 0.25) is 5.91 Å². The summed E-state index contributed by atoms with van der Waals surface area (Å²) in [5.41, 5.74) is 1.16. The van der Waals surface area contributed by atoms with Gasteiger partial charge in [0.15, 0.2) is 5.16 Å². The molecule has 4 aromatic rings. The van der Waals surface area contributed by atoms with E-state index >= 15 is 0 Å². The Morgan fingerprint density at radius 2 is 1.97 bits per heavy atom. The molecule has 1 N–H and O–H groups in total. The average Bonchev–Trinajstić information content (AvgIpc) is 3.19. The van der Waals surface area contributed by atoms with Gasteiger partial charge in [0.1, 0.15) is 16.3 Å². The zero-order chi connectivity index (χ0) is 21.3. The molecule has 0 bridgehead atoms. The summed E-state index contributed by atoms with van der Waals surface area (Å²) in [4.78, 5) is 29.9. The van der Waals surface area contributed by atoms with Crippen LogP contribution >= 0.6 is 23.1 Å². The van der Waals surface area contributed by atoms with Crippen molar-refractivity contribution in [3.8, 4) is 5.69 Å². The molecule has 1 amide bonds. The maximum atomic E-state index is 13.8. The highest BCUT2D eigenvalue weighted by Crippen LogP contribution is 2.25. The topological polar surface area (TPSA) is 64.0 Å². The van der Waals surface area contributed by atoms with E-state index in [1.807, 2.05) is 0 Å². The van der Waals surface area contributed by atoms with Crippen LogP contribution in [-0.4, -0.2) is 21.2 Å². The first-order valence-electron chi connectivity index (χ1n) is 8.88. The van der Waals surface area contributed by atoms with E-state index in [9.17, 15) is 18.4 Å². The smallest absolute Gasteiger partial charge is 0.276 e.